The second-order valence-corrected chi connectivity index (χ2v) is 3.30. The van der Waals surface area contributed by atoms with Gasteiger partial charge in [0.15, 0.2) is 0 Å². The van der Waals surface area contributed by atoms with Crippen LogP contribution in [0.2, 0.25) is 0 Å². The molecule has 2 N–H and O–H groups in total. The summed E-state index contributed by atoms with van der Waals surface area (Å²) in [5.74, 6) is -0.166. The molecule has 1 rings (SSSR count). The summed E-state index contributed by atoms with van der Waals surface area (Å²) in [4.78, 5) is 0. The molecule has 0 fully saturated rings. The molecule has 0 aliphatic rings. The number of hydrogen-bond acceptors (Lipinski definition) is 2. The molecular weight excluding hydrogens is 181 g/mol. The summed E-state index contributed by atoms with van der Waals surface area (Å²) in [5, 5.41) is 11.9. The quantitative estimate of drug-likeness (QED) is 0.746. The van der Waals surface area contributed by atoms with E-state index in [2.05, 4.69) is 5.32 Å². The van der Waals surface area contributed by atoms with Crippen LogP contribution in [0.15, 0.2) is 24.3 Å². The molecule has 1 aromatic carbocycles. The molecule has 0 aliphatic heterocycles. The highest BCUT2D eigenvalue weighted by Gasteiger charge is 2.06. The van der Waals surface area contributed by atoms with Gasteiger partial charge in [0, 0.05) is 6.04 Å². The first kappa shape index (κ1) is 11.1. The zero-order valence-corrected chi connectivity index (χ0v) is 8.33. The van der Waals surface area contributed by atoms with E-state index in [1.807, 2.05) is 6.07 Å². The highest BCUT2D eigenvalue weighted by Crippen LogP contribution is 2.09. The summed E-state index contributed by atoms with van der Waals surface area (Å²) in [6.07, 6.45) is 1.40. The Hall–Kier alpha value is -0.930. The van der Waals surface area contributed by atoms with Gasteiger partial charge in [-0.3, -0.25) is 0 Å². The number of aliphatic hydroxyl groups excluding tert-OH is 1. The van der Waals surface area contributed by atoms with Crippen molar-refractivity contribution in [2.45, 2.75) is 18.9 Å². The first-order chi connectivity index (χ1) is 6.77. The molecule has 0 saturated carbocycles. The molecule has 0 aromatic heterocycles. The SMILES string of the molecule is CNC(CO)CCc1ccccc1F. The fourth-order valence-corrected chi connectivity index (χ4v) is 1.36. The molecule has 0 aliphatic carbocycles. The smallest absolute Gasteiger partial charge is 0.126 e. The zero-order valence-electron chi connectivity index (χ0n) is 8.33. The van der Waals surface area contributed by atoms with Crippen LogP contribution in [-0.4, -0.2) is 24.8 Å². The van der Waals surface area contributed by atoms with Gasteiger partial charge in [-0.25, -0.2) is 4.39 Å². The molecule has 0 amide bonds. The van der Waals surface area contributed by atoms with Crippen molar-refractivity contribution >= 4 is 0 Å². The number of hydrogen-bond donors (Lipinski definition) is 2. The Balaban J connectivity index is 2.49. The lowest BCUT2D eigenvalue weighted by Crippen LogP contribution is -2.29. The van der Waals surface area contributed by atoms with Gasteiger partial charge in [-0.05, 0) is 31.5 Å². The van der Waals surface area contributed by atoms with Crippen molar-refractivity contribution in [1.82, 2.24) is 5.32 Å². The van der Waals surface area contributed by atoms with E-state index in [9.17, 15) is 4.39 Å². The summed E-state index contributed by atoms with van der Waals surface area (Å²) < 4.78 is 13.2. The molecule has 0 bridgehead atoms. The van der Waals surface area contributed by atoms with Crippen molar-refractivity contribution in [3.8, 4) is 0 Å². The second-order valence-electron chi connectivity index (χ2n) is 3.30. The average molecular weight is 197 g/mol. The molecular formula is C11H16FNO. The number of halogens is 1. The van der Waals surface area contributed by atoms with Crippen LogP contribution in [0.4, 0.5) is 4.39 Å². The molecule has 1 unspecified atom stereocenters. The number of aliphatic hydroxyl groups is 1. The Kier molecular flexibility index (Phi) is 4.56. The molecule has 3 heteroatoms. The predicted octanol–water partition coefficient (Wildman–Crippen LogP) is 1.34. The molecule has 14 heavy (non-hydrogen) atoms. The van der Waals surface area contributed by atoms with Crippen LogP contribution in [0.25, 0.3) is 0 Å². The van der Waals surface area contributed by atoms with E-state index in [0.29, 0.717) is 12.0 Å². The van der Waals surface area contributed by atoms with Crippen molar-refractivity contribution in [2.24, 2.45) is 0 Å². The topological polar surface area (TPSA) is 32.3 Å². The third kappa shape index (κ3) is 3.09. The summed E-state index contributed by atoms with van der Waals surface area (Å²) in [6, 6.07) is 6.79. The summed E-state index contributed by atoms with van der Waals surface area (Å²) >= 11 is 0. The minimum absolute atomic E-state index is 0.0506. The fourth-order valence-electron chi connectivity index (χ4n) is 1.36. The number of rotatable bonds is 5. The maximum absolute atomic E-state index is 13.2. The van der Waals surface area contributed by atoms with Crippen LogP contribution in [-0.2, 0) is 6.42 Å². The van der Waals surface area contributed by atoms with E-state index in [0.717, 1.165) is 6.42 Å². The van der Waals surface area contributed by atoms with Crippen LogP contribution < -0.4 is 5.32 Å². The molecule has 2 nitrogen and oxygen atoms in total. The van der Waals surface area contributed by atoms with Gasteiger partial charge in [-0.15, -0.1) is 0 Å². The largest absolute Gasteiger partial charge is 0.395 e. The lowest BCUT2D eigenvalue weighted by atomic mass is 10.1. The first-order valence-corrected chi connectivity index (χ1v) is 4.79. The van der Waals surface area contributed by atoms with E-state index >= 15 is 0 Å². The number of aryl methyl sites for hydroxylation is 1. The molecule has 0 saturated heterocycles. The number of nitrogens with one attached hydrogen (secondary N) is 1. The Labute approximate surface area is 83.8 Å². The zero-order chi connectivity index (χ0) is 10.4. The summed E-state index contributed by atoms with van der Waals surface area (Å²) in [7, 11) is 1.79. The monoisotopic (exact) mass is 197 g/mol. The van der Waals surface area contributed by atoms with Crippen LogP contribution in [0.5, 0.6) is 0 Å². The highest BCUT2D eigenvalue weighted by molar-refractivity contribution is 5.17. The molecule has 0 heterocycles. The van der Waals surface area contributed by atoms with Gasteiger partial charge in [0.25, 0.3) is 0 Å². The van der Waals surface area contributed by atoms with E-state index in [4.69, 9.17) is 5.11 Å². The predicted molar refractivity (Wildman–Crippen MR) is 54.7 cm³/mol. The molecule has 1 aromatic rings. The van der Waals surface area contributed by atoms with E-state index in [1.165, 1.54) is 6.07 Å². The van der Waals surface area contributed by atoms with Crippen molar-refractivity contribution < 1.29 is 9.50 Å². The van der Waals surface area contributed by atoms with Gasteiger partial charge in [0.1, 0.15) is 5.82 Å². The van der Waals surface area contributed by atoms with E-state index < -0.39 is 0 Å². The van der Waals surface area contributed by atoms with Gasteiger partial charge in [-0.1, -0.05) is 18.2 Å². The second kappa shape index (κ2) is 5.73. The van der Waals surface area contributed by atoms with Gasteiger partial charge in [-0.2, -0.15) is 0 Å². The minimum Gasteiger partial charge on any atom is -0.395 e. The van der Waals surface area contributed by atoms with Crippen LogP contribution in [0.1, 0.15) is 12.0 Å². The summed E-state index contributed by atoms with van der Waals surface area (Å²) in [6.45, 7) is 0.0882. The summed E-state index contributed by atoms with van der Waals surface area (Å²) in [5.41, 5.74) is 0.709. The van der Waals surface area contributed by atoms with Crippen LogP contribution >= 0.6 is 0 Å². The molecule has 0 spiro atoms. The van der Waals surface area contributed by atoms with Crippen LogP contribution in [0, 0.1) is 5.82 Å². The van der Waals surface area contributed by atoms with Crippen molar-refractivity contribution in [3.05, 3.63) is 35.6 Å². The normalized spacial score (nSPS) is 12.8. The van der Waals surface area contributed by atoms with Crippen molar-refractivity contribution in [3.63, 3.8) is 0 Å². The van der Waals surface area contributed by atoms with Crippen LogP contribution in [0.3, 0.4) is 0 Å². The third-order valence-electron chi connectivity index (χ3n) is 2.35. The standard InChI is InChI=1S/C11H16FNO/c1-13-10(8-14)7-6-9-4-2-3-5-11(9)12/h2-5,10,13-14H,6-8H2,1H3. The van der Waals surface area contributed by atoms with E-state index in [-0.39, 0.29) is 18.5 Å². The Morgan fingerprint density at radius 1 is 1.43 bits per heavy atom. The Morgan fingerprint density at radius 2 is 2.14 bits per heavy atom. The first-order valence-electron chi connectivity index (χ1n) is 4.79. The Morgan fingerprint density at radius 3 is 2.71 bits per heavy atom. The van der Waals surface area contributed by atoms with Gasteiger partial charge >= 0.3 is 0 Å². The maximum atomic E-state index is 13.2. The van der Waals surface area contributed by atoms with Gasteiger partial charge in [0.2, 0.25) is 0 Å². The van der Waals surface area contributed by atoms with Crippen molar-refractivity contribution in [2.75, 3.05) is 13.7 Å². The fraction of sp³-hybridized carbons (Fsp3) is 0.455. The highest BCUT2D eigenvalue weighted by atomic mass is 19.1. The van der Waals surface area contributed by atoms with Crippen molar-refractivity contribution in [1.29, 1.82) is 0 Å². The van der Waals surface area contributed by atoms with E-state index in [1.54, 1.807) is 19.2 Å². The maximum Gasteiger partial charge on any atom is 0.126 e. The Bertz CT molecular complexity index is 274. The van der Waals surface area contributed by atoms with Gasteiger partial charge in [0.05, 0.1) is 6.61 Å². The molecule has 78 valence electrons. The molecule has 0 radical (unpaired) electrons. The lowest BCUT2D eigenvalue weighted by Gasteiger charge is -2.12. The number of likely N-dealkylation sites (N-methyl/N-ethyl adjacent to an activating group) is 1. The third-order valence-corrected chi connectivity index (χ3v) is 2.35. The minimum atomic E-state index is -0.166. The van der Waals surface area contributed by atoms with Gasteiger partial charge < -0.3 is 10.4 Å². The molecule has 1 atom stereocenters. The number of benzene rings is 1. The average Bonchev–Trinajstić information content (AvgIpc) is 2.22. The lowest BCUT2D eigenvalue weighted by molar-refractivity contribution is 0.242.